The van der Waals surface area contributed by atoms with Crippen molar-refractivity contribution in [3.63, 3.8) is 0 Å². The molecule has 3 heteroatoms. The molecule has 1 aliphatic heterocycles. The van der Waals surface area contributed by atoms with Gasteiger partial charge in [-0.05, 0) is 0 Å². The summed E-state index contributed by atoms with van der Waals surface area (Å²) >= 11 is 0. The average molecular weight is 152 g/mol. The molecule has 1 aromatic carbocycles. The molecule has 0 fully saturated rings. The Morgan fingerprint density at radius 2 is 1.45 bits per heavy atom. The zero-order chi connectivity index (χ0) is 7.84. The lowest BCUT2D eigenvalue weighted by atomic mass is 10.1. The maximum Gasteiger partial charge on any atom is 0.185 e. The summed E-state index contributed by atoms with van der Waals surface area (Å²) in [6.07, 6.45) is -1.94. The minimum atomic E-state index is -0.971. The molecule has 2 atom stereocenters. The third-order valence-corrected chi connectivity index (χ3v) is 1.79. The number of hydrogen-bond donors (Lipinski definition) is 2. The number of aliphatic hydroxyl groups is 2. The summed E-state index contributed by atoms with van der Waals surface area (Å²) in [7, 11) is 0. The SMILES string of the molecule is O[C@@H]1O[C@H](O)c2ccccc21. The minimum absolute atomic E-state index is 0.653. The molecule has 0 saturated carbocycles. The van der Waals surface area contributed by atoms with Crippen LogP contribution in [0.5, 0.6) is 0 Å². The Balaban J connectivity index is 2.52. The van der Waals surface area contributed by atoms with E-state index < -0.39 is 12.6 Å². The van der Waals surface area contributed by atoms with Crippen molar-refractivity contribution in [1.29, 1.82) is 0 Å². The molecule has 1 aromatic rings. The fourth-order valence-corrected chi connectivity index (χ4v) is 1.23. The number of rotatable bonds is 0. The first kappa shape index (κ1) is 6.79. The first-order chi connectivity index (χ1) is 5.29. The molecule has 2 rings (SSSR count). The van der Waals surface area contributed by atoms with Gasteiger partial charge in [0.05, 0.1) is 0 Å². The molecule has 11 heavy (non-hydrogen) atoms. The number of fused-ring (bicyclic) bond motifs is 1. The lowest BCUT2D eigenvalue weighted by Gasteiger charge is -2.01. The molecule has 1 aliphatic rings. The molecule has 0 spiro atoms. The van der Waals surface area contributed by atoms with E-state index in [1.165, 1.54) is 0 Å². The Hall–Kier alpha value is -0.900. The second-order valence-electron chi connectivity index (χ2n) is 2.47. The Kier molecular flexibility index (Phi) is 1.42. The fraction of sp³-hybridized carbons (Fsp3) is 0.250. The Morgan fingerprint density at radius 3 is 1.91 bits per heavy atom. The van der Waals surface area contributed by atoms with E-state index in [4.69, 9.17) is 14.9 Å². The molecule has 0 aliphatic carbocycles. The van der Waals surface area contributed by atoms with Crippen molar-refractivity contribution in [1.82, 2.24) is 0 Å². The van der Waals surface area contributed by atoms with Crippen molar-refractivity contribution in [2.45, 2.75) is 12.6 Å². The second kappa shape index (κ2) is 2.30. The third-order valence-electron chi connectivity index (χ3n) is 1.79. The summed E-state index contributed by atoms with van der Waals surface area (Å²) in [4.78, 5) is 0. The van der Waals surface area contributed by atoms with Gasteiger partial charge in [-0.2, -0.15) is 0 Å². The van der Waals surface area contributed by atoms with Crippen molar-refractivity contribution in [2.24, 2.45) is 0 Å². The molecule has 0 aromatic heterocycles. The predicted molar refractivity (Wildman–Crippen MR) is 37.4 cm³/mol. The monoisotopic (exact) mass is 152 g/mol. The number of aliphatic hydroxyl groups excluding tert-OH is 2. The number of ether oxygens (including phenoxy) is 1. The van der Waals surface area contributed by atoms with Gasteiger partial charge in [0.1, 0.15) is 0 Å². The highest BCUT2D eigenvalue weighted by Gasteiger charge is 2.27. The van der Waals surface area contributed by atoms with Crippen LogP contribution >= 0.6 is 0 Å². The summed E-state index contributed by atoms with van der Waals surface area (Å²) in [6, 6.07) is 7.05. The van der Waals surface area contributed by atoms with Gasteiger partial charge in [-0.15, -0.1) is 0 Å². The normalized spacial score (nSPS) is 28.5. The zero-order valence-corrected chi connectivity index (χ0v) is 5.77. The lowest BCUT2D eigenvalue weighted by molar-refractivity contribution is -0.193. The highest BCUT2D eigenvalue weighted by molar-refractivity contribution is 5.31. The molecule has 0 radical (unpaired) electrons. The van der Waals surface area contributed by atoms with Gasteiger partial charge in [0, 0.05) is 11.1 Å². The van der Waals surface area contributed by atoms with Gasteiger partial charge in [0.15, 0.2) is 12.6 Å². The first-order valence-corrected chi connectivity index (χ1v) is 3.39. The molecule has 1 heterocycles. The Bertz CT molecular complexity index is 245. The van der Waals surface area contributed by atoms with Gasteiger partial charge in [-0.1, -0.05) is 24.3 Å². The number of benzene rings is 1. The van der Waals surface area contributed by atoms with Crippen LogP contribution in [-0.4, -0.2) is 10.2 Å². The Morgan fingerprint density at radius 1 is 1.00 bits per heavy atom. The average Bonchev–Trinajstić information content (AvgIpc) is 2.30. The van der Waals surface area contributed by atoms with E-state index in [1.807, 2.05) is 0 Å². The largest absolute Gasteiger partial charge is 0.364 e. The van der Waals surface area contributed by atoms with Crippen molar-refractivity contribution < 1.29 is 14.9 Å². The van der Waals surface area contributed by atoms with Gasteiger partial charge in [0.25, 0.3) is 0 Å². The summed E-state index contributed by atoms with van der Waals surface area (Å²) < 4.78 is 4.74. The van der Waals surface area contributed by atoms with E-state index in [2.05, 4.69) is 0 Å². The van der Waals surface area contributed by atoms with Crippen LogP contribution in [0.1, 0.15) is 23.7 Å². The molecular formula is C8H8O3. The molecule has 0 saturated heterocycles. The van der Waals surface area contributed by atoms with Crippen LogP contribution in [0.3, 0.4) is 0 Å². The maximum absolute atomic E-state index is 9.17. The van der Waals surface area contributed by atoms with E-state index in [-0.39, 0.29) is 0 Å². The molecule has 3 nitrogen and oxygen atoms in total. The quantitative estimate of drug-likeness (QED) is 0.575. The van der Waals surface area contributed by atoms with Crippen LogP contribution in [0.15, 0.2) is 24.3 Å². The zero-order valence-electron chi connectivity index (χ0n) is 5.77. The molecular weight excluding hydrogens is 144 g/mol. The third kappa shape index (κ3) is 0.939. The van der Waals surface area contributed by atoms with Crippen LogP contribution < -0.4 is 0 Å². The van der Waals surface area contributed by atoms with Crippen molar-refractivity contribution in [3.8, 4) is 0 Å². The van der Waals surface area contributed by atoms with Crippen LogP contribution in [0.4, 0.5) is 0 Å². The van der Waals surface area contributed by atoms with Gasteiger partial charge in [-0.3, -0.25) is 0 Å². The molecule has 2 N–H and O–H groups in total. The fourth-order valence-electron chi connectivity index (χ4n) is 1.23. The van der Waals surface area contributed by atoms with Crippen molar-refractivity contribution in [3.05, 3.63) is 35.4 Å². The van der Waals surface area contributed by atoms with Crippen molar-refractivity contribution in [2.75, 3.05) is 0 Å². The summed E-state index contributed by atoms with van der Waals surface area (Å²) in [5, 5.41) is 18.3. The maximum atomic E-state index is 9.17. The lowest BCUT2D eigenvalue weighted by Crippen LogP contribution is -1.94. The van der Waals surface area contributed by atoms with E-state index in [0.29, 0.717) is 11.1 Å². The summed E-state index contributed by atoms with van der Waals surface area (Å²) in [6.45, 7) is 0. The van der Waals surface area contributed by atoms with E-state index in [0.717, 1.165) is 0 Å². The number of hydrogen-bond acceptors (Lipinski definition) is 3. The summed E-state index contributed by atoms with van der Waals surface area (Å²) in [5.74, 6) is 0. The van der Waals surface area contributed by atoms with E-state index in [9.17, 15) is 0 Å². The molecule has 58 valence electrons. The second-order valence-corrected chi connectivity index (χ2v) is 2.47. The summed E-state index contributed by atoms with van der Waals surface area (Å²) in [5.41, 5.74) is 1.31. The van der Waals surface area contributed by atoms with Gasteiger partial charge < -0.3 is 14.9 Å². The Labute approximate surface area is 63.9 Å². The first-order valence-electron chi connectivity index (χ1n) is 3.39. The molecule has 0 unspecified atom stereocenters. The van der Waals surface area contributed by atoms with Crippen molar-refractivity contribution >= 4 is 0 Å². The predicted octanol–water partition coefficient (Wildman–Crippen LogP) is 0.699. The van der Waals surface area contributed by atoms with Gasteiger partial charge >= 0.3 is 0 Å². The smallest absolute Gasteiger partial charge is 0.185 e. The minimum Gasteiger partial charge on any atom is -0.364 e. The van der Waals surface area contributed by atoms with Gasteiger partial charge in [-0.25, -0.2) is 0 Å². The van der Waals surface area contributed by atoms with Crippen LogP contribution in [0, 0.1) is 0 Å². The highest BCUT2D eigenvalue weighted by atomic mass is 16.7. The standard InChI is InChI=1S/C8H8O3/c9-7-5-3-1-2-4-6(5)8(10)11-7/h1-4,7-10H/t7-,8+. The topological polar surface area (TPSA) is 49.7 Å². The van der Waals surface area contributed by atoms with E-state index >= 15 is 0 Å². The van der Waals surface area contributed by atoms with Gasteiger partial charge in [0.2, 0.25) is 0 Å². The highest BCUT2D eigenvalue weighted by Crippen LogP contribution is 2.34. The van der Waals surface area contributed by atoms with E-state index in [1.54, 1.807) is 24.3 Å². The molecule has 0 bridgehead atoms. The molecule has 0 amide bonds. The van der Waals surface area contributed by atoms with Crippen LogP contribution in [0.2, 0.25) is 0 Å². The van der Waals surface area contributed by atoms with Crippen LogP contribution in [0.25, 0.3) is 0 Å². The van der Waals surface area contributed by atoms with Crippen LogP contribution in [-0.2, 0) is 4.74 Å².